The van der Waals surface area contributed by atoms with E-state index in [0.717, 1.165) is 31.5 Å². The summed E-state index contributed by atoms with van der Waals surface area (Å²) in [6.07, 6.45) is 2.08. The number of ether oxygens (including phenoxy) is 2. The summed E-state index contributed by atoms with van der Waals surface area (Å²) >= 11 is 1.32. The van der Waals surface area contributed by atoms with E-state index in [2.05, 4.69) is 0 Å². The van der Waals surface area contributed by atoms with Crippen molar-refractivity contribution in [1.82, 2.24) is 9.80 Å². The summed E-state index contributed by atoms with van der Waals surface area (Å²) in [5, 5.41) is 0. The van der Waals surface area contributed by atoms with Gasteiger partial charge in [-0.25, -0.2) is 4.79 Å². The van der Waals surface area contributed by atoms with E-state index in [4.69, 9.17) is 9.47 Å². The van der Waals surface area contributed by atoms with Gasteiger partial charge in [-0.2, -0.15) is 0 Å². The summed E-state index contributed by atoms with van der Waals surface area (Å²) in [5.74, 6) is 0.131. The monoisotopic (exact) mass is 456 g/mol. The number of thioether (sulfide) groups is 1. The fraction of sp³-hybridized carbons (Fsp3) is 0.375. The molecule has 0 aliphatic carbocycles. The lowest BCUT2D eigenvalue weighted by molar-refractivity contribution is -0.133. The molecule has 1 saturated heterocycles. The van der Waals surface area contributed by atoms with E-state index in [1.54, 1.807) is 32.4 Å². The number of para-hydroxylation sites is 1. The first-order valence-corrected chi connectivity index (χ1v) is 11.5. The number of carbonyl (C=O) groups excluding carboxylic acids is 3. The van der Waals surface area contributed by atoms with E-state index >= 15 is 0 Å². The minimum absolute atomic E-state index is 0.0730. The molecule has 0 radical (unpaired) electrons. The number of rotatable bonds is 9. The molecule has 1 heterocycles. The maximum Gasteiger partial charge on any atom is 0.339 e. The Kier molecular flexibility index (Phi) is 8.56. The van der Waals surface area contributed by atoms with Crippen molar-refractivity contribution in [1.29, 1.82) is 0 Å². The van der Waals surface area contributed by atoms with E-state index in [0.29, 0.717) is 22.8 Å². The van der Waals surface area contributed by atoms with Gasteiger partial charge in [0.2, 0.25) is 5.91 Å². The lowest BCUT2D eigenvalue weighted by Crippen LogP contribution is -2.31. The second kappa shape index (κ2) is 11.6. The third-order valence-electron chi connectivity index (χ3n) is 5.27. The van der Waals surface area contributed by atoms with Crippen LogP contribution in [0.5, 0.6) is 5.75 Å². The zero-order valence-corrected chi connectivity index (χ0v) is 19.2. The van der Waals surface area contributed by atoms with Crippen molar-refractivity contribution in [2.45, 2.75) is 24.3 Å². The van der Waals surface area contributed by atoms with Crippen LogP contribution in [-0.2, 0) is 20.9 Å². The van der Waals surface area contributed by atoms with Crippen LogP contribution in [0.1, 0.15) is 28.8 Å². The number of carbonyl (C=O) groups is 3. The van der Waals surface area contributed by atoms with Crippen molar-refractivity contribution in [3.05, 3.63) is 59.7 Å². The molecule has 0 bridgehead atoms. The first-order valence-electron chi connectivity index (χ1n) is 10.5. The molecule has 0 atom stereocenters. The van der Waals surface area contributed by atoms with Crippen molar-refractivity contribution < 1.29 is 23.9 Å². The molecule has 8 heteroatoms. The van der Waals surface area contributed by atoms with Crippen LogP contribution in [0.2, 0.25) is 0 Å². The first kappa shape index (κ1) is 23.7. The molecular weight excluding hydrogens is 428 g/mol. The molecule has 2 amide bonds. The second-order valence-electron chi connectivity index (χ2n) is 7.51. The number of likely N-dealkylation sites (N-methyl/N-ethyl adjacent to an activating group) is 1. The molecule has 0 unspecified atom stereocenters. The third kappa shape index (κ3) is 6.26. The average molecular weight is 457 g/mol. The van der Waals surface area contributed by atoms with Crippen molar-refractivity contribution in [3.63, 3.8) is 0 Å². The lowest BCUT2D eigenvalue weighted by Gasteiger charge is -2.19. The summed E-state index contributed by atoms with van der Waals surface area (Å²) in [7, 11) is 3.23. The molecule has 0 N–H and O–H groups in total. The molecule has 2 aromatic rings. The molecule has 0 aromatic heterocycles. The van der Waals surface area contributed by atoms with Crippen LogP contribution < -0.4 is 4.74 Å². The molecule has 7 nitrogen and oxygen atoms in total. The zero-order valence-electron chi connectivity index (χ0n) is 18.4. The molecule has 3 rings (SSSR count). The summed E-state index contributed by atoms with van der Waals surface area (Å²) in [6, 6.07) is 14.4. The van der Waals surface area contributed by atoms with Gasteiger partial charge in [0.1, 0.15) is 5.75 Å². The molecule has 1 aliphatic heterocycles. The maximum atomic E-state index is 12.6. The van der Waals surface area contributed by atoms with Crippen molar-refractivity contribution >= 4 is 29.5 Å². The van der Waals surface area contributed by atoms with Crippen LogP contribution in [0.4, 0.5) is 0 Å². The smallest absolute Gasteiger partial charge is 0.339 e. The maximum absolute atomic E-state index is 12.6. The van der Waals surface area contributed by atoms with Gasteiger partial charge in [-0.15, -0.1) is 11.8 Å². The van der Waals surface area contributed by atoms with Crippen LogP contribution >= 0.6 is 11.8 Å². The van der Waals surface area contributed by atoms with Crippen LogP contribution in [0.15, 0.2) is 53.4 Å². The number of likely N-dealkylation sites (tertiary alicyclic amines) is 1. The first-order chi connectivity index (χ1) is 15.5. The van der Waals surface area contributed by atoms with Gasteiger partial charge < -0.3 is 19.3 Å². The molecule has 2 aromatic carbocycles. The van der Waals surface area contributed by atoms with Crippen LogP contribution in [0.25, 0.3) is 0 Å². The number of amides is 2. The Bertz CT molecular complexity index is 959. The van der Waals surface area contributed by atoms with Crippen molar-refractivity contribution in [2.24, 2.45) is 0 Å². The van der Waals surface area contributed by atoms with Gasteiger partial charge in [-0.05, 0) is 31.0 Å². The van der Waals surface area contributed by atoms with Gasteiger partial charge in [0, 0.05) is 37.1 Å². The van der Waals surface area contributed by atoms with Gasteiger partial charge in [0.25, 0.3) is 5.91 Å². The lowest BCUT2D eigenvalue weighted by atomic mass is 10.2. The Morgan fingerprint density at radius 1 is 1.03 bits per heavy atom. The van der Waals surface area contributed by atoms with Crippen LogP contribution in [0, 0.1) is 0 Å². The van der Waals surface area contributed by atoms with Crippen LogP contribution in [-0.4, -0.2) is 67.2 Å². The van der Waals surface area contributed by atoms with E-state index in [1.807, 2.05) is 35.2 Å². The van der Waals surface area contributed by atoms with E-state index in [-0.39, 0.29) is 24.2 Å². The van der Waals surface area contributed by atoms with Gasteiger partial charge >= 0.3 is 5.97 Å². The largest absolute Gasteiger partial charge is 0.496 e. The third-order valence-corrected chi connectivity index (χ3v) is 6.33. The highest BCUT2D eigenvalue weighted by Gasteiger charge is 2.20. The Morgan fingerprint density at radius 2 is 1.72 bits per heavy atom. The number of benzene rings is 2. The van der Waals surface area contributed by atoms with E-state index in [1.165, 1.54) is 16.7 Å². The highest BCUT2D eigenvalue weighted by Crippen LogP contribution is 2.24. The SMILES string of the molecule is COc1ccccc1CN(C)C(=O)COC(=O)c1ccccc1SCC(=O)N1CCCC1. The normalized spacial score (nSPS) is 13.0. The summed E-state index contributed by atoms with van der Waals surface area (Å²) < 4.78 is 10.6. The number of hydrogen-bond acceptors (Lipinski definition) is 6. The van der Waals surface area contributed by atoms with Gasteiger partial charge in [-0.1, -0.05) is 30.3 Å². The molecule has 1 aliphatic rings. The minimum atomic E-state index is -0.583. The number of esters is 1. The molecule has 170 valence electrons. The second-order valence-corrected chi connectivity index (χ2v) is 8.53. The molecule has 0 saturated carbocycles. The van der Waals surface area contributed by atoms with Gasteiger partial charge in [0.15, 0.2) is 6.61 Å². The Morgan fingerprint density at radius 3 is 2.47 bits per heavy atom. The van der Waals surface area contributed by atoms with Gasteiger partial charge in [0.05, 0.1) is 18.4 Å². The Labute approximate surface area is 192 Å². The average Bonchev–Trinajstić information content (AvgIpc) is 3.36. The fourth-order valence-electron chi connectivity index (χ4n) is 3.45. The predicted octanol–water partition coefficient (Wildman–Crippen LogP) is 3.23. The zero-order chi connectivity index (χ0) is 22.9. The molecule has 32 heavy (non-hydrogen) atoms. The molecule has 0 spiro atoms. The number of hydrogen-bond donors (Lipinski definition) is 0. The fourth-order valence-corrected chi connectivity index (χ4v) is 4.39. The standard InChI is InChI=1S/C24H28N2O5S/c1-25(15-18-9-3-5-11-20(18)30-2)22(27)16-31-24(29)19-10-4-6-12-21(19)32-17-23(28)26-13-7-8-14-26/h3-6,9-12H,7-8,13-17H2,1-2H3. The molecular formula is C24H28N2O5S. The van der Waals surface area contributed by atoms with E-state index in [9.17, 15) is 14.4 Å². The van der Waals surface area contributed by atoms with E-state index < -0.39 is 5.97 Å². The number of nitrogens with zero attached hydrogens (tertiary/aromatic N) is 2. The van der Waals surface area contributed by atoms with Gasteiger partial charge in [-0.3, -0.25) is 9.59 Å². The predicted molar refractivity (Wildman–Crippen MR) is 123 cm³/mol. The topological polar surface area (TPSA) is 76.1 Å². The Hall–Kier alpha value is -3.00. The highest BCUT2D eigenvalue weighted by molar-refractivity contribution is 8.00. The summed E-state index contributed by atoms with van der Waals surface area (Å²) in [4.78, 5) is 41.4. The van der Waals surface area contributed by atoms with Crippen molar-refractivity contribution in [3.8, 4) is 5.75 Å². The quantitative estimate of drug-likeness (QED) is 0.426. The summed E-state index contributed by atoms with van der Waals surface area (Å²) in [6.45, 7) is 1.57. The molecule has 1 fully saturated rings. The number of methoxy groups -OCH3 is 1. The highest BCUT2D eigenvalue weighted by atomic mass is 32.2. The summed E-state index contributed by atoms with van der Waals surface area (Å²) in [5.41, 5.74) is 1.22. The van der Waals surface area contributed by atoms with Crippen LogP contribution in [0.3, 0.4) is 0 Å². The Balaban J connectivity index is 1.54. The van der Waals surface area contributed by atoms with Crippen molar-refractivity contribution in [2.75, 3.05) is 39.6 Å². The minimum Gasteiger partial charge on any atom is -0.496 e.